The Morgan fingerprint density at radius 2 is 1.65 bits per heavy atom. The summed E-state index contributed by atoms with van der Waals surface area (Å²) in [5.41, 5.74) is 0. The smallest absolute Gasteiger partial charge is 0.453 e. The number of carboxylic acids is 1. The molecule has 0 rings (SSSR count). The zero-order chi connectivity index (χ0) is 14.1. The highest BCUT2D eigenvalue weighted by Gasteiger charge is 2.57. The van der Waals surface area contributed by atoms with Gasteiger partial charge in [-0.2, -0.15) is 22.0 Å². The summed E-state index contributed by atoms with van der Waals surface area (Å²) in [4.78, 5) is 10.3. The molecule has 102 valence electrons. The Kier molecular flexibility index (Phi) is 4.49. The summed E-state index contributed by atoms with van der Waals surface area (Å²) in [5, 5.41) is 6.30. The van der Waals surface area contributed by atoms with Gasteiger partial charge >= 0.3 is 18.1 Å². The fraction of sp³-hybridized carbons (Fsp3) is 0.857. The van der Waals surface area contributed by atoms with Crippen LogP contribution in [-0.4, -0.2) is 42.6 Å². The van der Waals surface area contributed by atoms with E-state index in [1.54, 1.807) is 0 Å². The molecule has 0 aromatic rings. The normalized spacial score (nSPS) is 15.6. The predicted molar refractivity (Wildman–Crippen MR) is 46.5 cm³/mol. The second-order valence-corrected chi connectivity index (χ2v) is 5.74. The number of alkyl halides is 5. The maximum absolute atomic E-state index is 12.4. The minimum atomic E-state index is -5.85. The summed E-state index contributed by atoms with van der Waals surface area (Å²) in [6.07, 6.45) is -7.84. The van der Waals surface area contributed by atoms with Crippen LogP contribution >= 0.6 is 0 Å². The molecule has 10 heteroatoms. The third-order valence-electron chi connectivity index (χ3n) is 2.00. The summed E-state index contributed by atoms with van der Waals surface area (Å²) in [6, 6.07) is 0. The van der Waals surface area contributed by atoms with E-state index in [-0.39, 0.29) is 0 Å². The molecule has 0 aromatic heterocycles. The molecule has 0 heterocycles. The molecule has 0 saturated heterocycles. The molecule has 4 nitrogen and oxygen atoms in total. The van der Waals surface area contributed by atoms with E-state index in [1.165, 1.54) is 0 Å². The third kappa shape index (κ3) is 4.10. The minimum absolute atomic E-state index is 0.698. The maximum Gasteiger partial charge on any atom is 0.453 e. The van der Waals surface area contributed by atoms with Gasteiger partial charge in [-0.25, -0.2) is 8.42 Å². The van der Waals surface area contributed by atoms with Crippen LogP contribution in [0.3, 0.4) is 0 Å². The van der Waals surface area contributed by atoms with Gasteiger partial charge in [0.05, 0.1) is 5.75 Å². The summed E-state index contributed by atoms with van der Waals surface area (Å²) in [7, 11) is -4.53. The van der Waals surface area contributed by atoms with Crippen molar-refractivity contribution in [3.05, 3.63) is 0 Å². The number of hydrogen-bond acceptors (Lipinski definition) is 3. The molecule has 0 aliphatic heterocycles. The van der Waals surface area contributed by atoms with Crippen molar-refractivity contribution in [2.45, 2.75) is 30.7 Å². The summed E-state index contributed by atoms with van der Waals surface area (Å²) < 4.78 is 82.0. The quantitative estimate of drug-likeness (QED) is 0.776. The first-order valence-corrected chi connectivity index (χ1v) is 5.92. The van der Waals surface area contributed by atoms with Crippen LogP contribution in [0.15, 0.2) is 0 Å². The fourth-order valence-corrected chi connectivity index (χ4v) is 1.94. The zero-order valence-electron chi connectivity index (χ0n) is 8.46. The highest BCUT2D eigenvalue weighted by Crippen LogP contribution is 2.38. The molecule has 0 bridgehead atoms. The largest absolute Gasteiger partial charge is 0.480 e. The van der Waals surface area contributed by atoms with Crippen LogP contribution in [0.25, 0.3) is 0 Å². The number of hydrogen-bond donors (Lipinski definition) is 1. The Bertz CT molecular complexity index is 386. The van der Waals surface area contributed by atoms with Crippen LogP contribution < -0.4 is 0 Å². The first-order chi connectivity index (χ1) is 7.31. The lowest BCUT2D eigenvalue weighted by Gasteiger charge is -2.19. The van der Waals surface area contributed by atoms with E-state index in [1.807, 2.05) is 0 Å². The van der Waals surface area contributed by atoms with E-state index in [4.69, 9.17) is 5.11 Å². The van der Waals surface area contributed by atoms with Gasteiger partial charge in [0.2, 0.25) is 0 Å². The molecule has 17 heavy (non-hydrogen) atoms. The number of carboxylic acid groups (broad SMARTS) is 1. The van der Waals surface area contributed by atoms with E-state index in [2.05, 4.69) is 0 Å². The van der Waals surface area contributed by atoms with Crippen molar-refractivity contribution < 1.29 is 40.3 Å². The molecular formula is C7H9F5O4S. The molecule has 1 atom stereocenters. The first-order valence-electron chi connectivity index (χ1n) is 4.20. The average Bonchev–Trinajstić information content (AvgIpc) is 2.12. The van der Waals surface area contributed by atoms with Gasteiger partial charge in [0.15, 0.2) is 15.1 Å². The van der Waals surface area contributed by atoms with Crippen molar-refractivity contribution in [1.82, 2.24) is 0 Å². The highest BCUT2D eigenvalue weighted by atomic mass is 32.2. The minimum Gasteiger partial charge on any atom is -0.480 e. The first kappa shape index (κ1) is 16.1. The number of aliphatic carboxylic acids is 1. The summed E-state index contributed by atoms with van der Waals surface area (Å²) in [5.74, 6) is -8.51. The van der Waals surface area contributed by atoms with Gasteiger partial charge in [0, 0.05) is 6.42 Å². The Labute approximate surface area is 93.3 Å². The molecule has 0 aromatic carbocycles. The van der Waals surface area contributed by atoms with E-state index in [0.29, 0.717) is 6.92 Å². The number of sulfone groups is 1. The molecule has 0 spiro atoms. The van der Waals surface area contributed by atoms with E-state index >= 15 is 0 Å². The van der Waals surface area contributed by atoms with Crippen LogP contribution in [0.1, 0.15) is 13.3 Å². The van der Waals surface area contributed by atoms with Crippen molar-refractivity contribution >= 4 is 15.8 Å². The monoisotopic (exact) mass is 284 g/mol. The molecule has 0 aliphatic rings. The van der Waals surface area contributed by atoms with Crippen LogP contribution in [0, 0.1) is 0 Å². The Morgan fingerprint density at radius 1 is 1.24 bits per heavy atom. The van der Waals surface area contributed by atoms with Gasteiger partial charge < -0.3 is 5.11 Å². The molecule has 0 saturated carbocycles. The number of carbonyl (C=O) groups is 1. The summed E-state index contributed by atoms with van der Waals surface area (Å²) >= 11 is 0. The van der Waals surface area contributed by atoms with E-state index in [0.717, 1.165) is 0 Å². The molecule has 0 fully saturated rings. The number of rotatable bonds is 5. The SMILES string of the molecule is CC(C(=O)O)S(=O)(=O)CCC(F)(F)C(F)(F)F. The molecule has 0 aliphatic carbocycles. The lowest BCUT2D eigenvalue weighted by molar-refractivity contribution is -0.282. The van der Waals surface area contributed by atoms with Crippen molar-refractivity contribution in [2.75, 3.05) is 5.75 Å². The molecule has 1 unspecified atom stereocenters. The van der Waals surface area contributed by atoms with Crippen LogP contribution in [-0.2, 0) is 14.6 Å². The van der Waals surface area contributed by atoms with Crippen LogP contribution in [0.5, 0.6) is 0 Å². The Hall–Kier alpha value is -0.930. The highest BCUT2D eigenvalue weighted by molar-refractivity contribution is 7.92. The van der Waals surface area contributed by atoms with Gasteiger partial charge in [-0.1, -0.05) is 0 Å². The summed E-state index contributed by atoms with van der Waals surface area (Å²) in [6.45, 7) is 0.698. The topological polar surface area (TPSA) is 71.4 Å². The second-order valence-electron chi connectivity index (χ2n) is 3.30. The second kappa shape index (κ2) is 4.75. The van der Waals surface area contributed by atoms with Crippen LogP contribution in [0.4, 0.5) is 22.0 Å². The standard InChI is InChI=1S/C7H9F5O4S/c1-4(5(13)14)17(15,16)3-2-6(8,9)7(10,11)12/h4H,2-3H2,1H3,(H,13,14). The lowest BCUT2D eigenvalue weighted by Crippen LogP contribution is -2.39. The molecule has 0 radical (unpaired) electrons. The maximum atomic E-state index is 12.4. The van der Waals surface area contributed by atoms with Crippen molar-refractivity contribution in [3.8, 4) is 0 Å². The Morgan fingerprint density at radius 3 is 1.94 bits per heavy atom. The van der Waals surface area contributed by atoms with Crippen molar-refractivity contribution in [2.24, 2.45) is 0 Å². The molecular weight excluding hydrogens is 275 g/mol. The van der Waals surface area contributed by atoms with Crippen molar-refractivity contribution in [3.63, 3.8) is 0 Å². The van der Waals surface area contributed by atoms with Crippen molar-refractivity contribution in [1.29, 1.82) is 0 Å². The van der Waals surface area contributed by atoms with Gasteiger partial charge in [-0.3, -0.25) is 4.79 Å². The van der Waals surface area contributed by atoms with Gasteiger partial charge in [0.1, 0.15) is 0 Å². The fourth-order valence-electron chi connectivity index (χ4n) is 0.743. The predicted octanol–water partition coefficient (Wildman–Crippen LogP) is 1.46. The molecule has 0 amide bonds. The lowest BCUT2D eigenvalue weighted by atomic mass is 10.2. The van der Waals surface area contributed by atoms with E-state index in [9.17, 15) is 35.2 Å². The molecule has 1 N–H and O–H groups in total. The van der Waals surface area contributed by atoms with E-state index < -0.39 is 45.3 Å². The Balaban J connectivity index is 4.75. The number of halogens is 5. The zero-order valence-corrected chi connectivity index (χ0v) is 9.28. The van der Waals surface area contributed by atoms with Gasteiger partial charge in [0.25, 0.3) is 0 Å². The van der Waals surface area contributed by atoms with Crippen LogP contribution in [0.2, 0.25) is 0 Å². The average molecular weight is 284 g/mol. The van der Waals surface area contributed by atoms with Gasteiger partial charge in [-0.05, 0) is 6.92 Å². The third-order valence-corrected chi connectivity index (χ3v) is 4.05. The van der Waals surface area contributed by atoms with Gasteiger partial charge in [-0.15, -0.1) is 0 Å².